The Morgan fingerprint density at radius 3 is 2.19 bits per heavy atom. The molecule has 0 aliphatic carbocycles. The topological polar surface area (TPSA) is 195 Å². The monoisotopic (exact) mass is 834 g/mol. The maximum Gasteiger partial charge on any atom is 0.311 e. The van der Waals surface area contributed by atoms with Crippen molar-refractivity contribution in [1.29, 1.82) is 0 Å². The van der Waals surface area contributed by atoms with Crippen LogP contribution in [-0.2, 0) is 49.3 Å². The van der Waals surface area contributed by atoms with E-state index in [9.17, 15) is 30.0 Å². The average Bonchev–Trinajstić information content (AvgIpc) is 3.51. The zero-order valence-electron chi connectivity index (χ0n) is 36.9. The normalized spacial score (nSPS) is 46.0. The lowest BCUT2D eigenvalue weighted by molar-refractivity contribution is -0.313. The molecule has 0 amide bonds. The number of fused-ring (bicyclic) bond motifs is 1. The van der Waals surface area contributed by atoms with Crippen molar-refractivity contribution in [2.24, 2.45) is 28.7 Å². The van der Waals surface area contributed by atoms with Crippen LogP contribution in [0.5, 0.6) is 0 Å². The molecule has 4 saturated heterocycles. The summed E-state index contributed by atoms with van der Waals surface area (Å²) in [5.74, 6) is -4.92. The number of aliphatic hydroxyl groups excluding tert-OH is 2. The van der Waals surface area contributed by atoms with Crippen LogP contribution in [0, 0.1) is 23.7 Å². The highest BCUT2D eigenvalue weighted by atomic mass is 16.7. The zero-order chi connectivity index (χ0) is 43.8. The number of likely N-dealkylation sites (N-methyl/N-ethyl adjacent to an activating group) is 1. The van der Waals surface area contributed by atoms with Crippen LogP contribution in [0.1, 0.15) is 100 Å². The first-order chi connectivity index (χ1) is 27.6. The summed E-state index contributed by atoms with van der Waals surface area (Å²) in [4.78, 5) is 35.1. The van der Waals surface area contributed by atoms with Crippen molar-refractivity contribution in [3.05, 3.63) is 35.9 Å². The van der Waals surface area contributed by atoms with Gasteiger partial charge in [-0.1, -0.05) is 58.0 Å². The number of aliphatic hydroxyl groups is 4. The van der Waals surface area contributed by atoms with Crippen molar-refractivity contribution in [1.82, 2.24) is 4.90 Å². The van der Waals surface area contributed by atoms with E-state index < -0.39 is 108 Å². The molecule has 18 atom stereocenters. The van der Waals surface area contributed by atoms with Gasteiger partial charge in [0.15, 0.2) is 18.7 Å². The van der Waals surface area contributed by atoms with Crippen LogP contribution in [0.2, 0.25) is 0 Å². The molecule has 59 heavy (non-hydrogen) atoms. The Labute approximate surface area is 349 Å². The molecular weight excluding hydrogens is 764 g/mol. The molecule has 0 saturated carbocycles. The number of benzene rings is 1. The minimum atomic E-state index is -2.00. The van der Waals surface area contributed by atoms with Crippen LogP contribution in [-0.4, -0.2) is 142 Å². The molecule has 5 rings (SSSR count). The molecule has 0 aromatic heterocycles. The van der Waals surface area contributed by atoms with Gasteiger partial charge in [-0.25, -0.2) is 4.99 Å². The molecule has 4 aliphatic rings. The van der Waals surface area contributed by atoms with Crippen molar-refractivity contribution in [3.63, 3.8) is 0 Å². The highest BCUT2D eigenvalue weighted by Gasteiger charge is 2.55. The van der Waals surface area contributed by atoms with E-state index in [1.165, 1.54) is 21.0 Å². The van der Waals surface area contributed by atoms with Gasteiger partial charge in [-0.15, -0.1) is 0 Å². The summed E-state index contributed by atoms with van der Waals surface area (Å²) in [6.45, 7) is 17.1. The summed E-state index contributed by atoms with van der Waals surface area (Å²) in [5, 5.41) is 46.8. The molecule has 334 valence electrons. The highest BCUT2D eigenvalue weighted by molar-refractivity contribution is 5.83. The molecule has 1 aromatic rings. The second kappa shape index (κ2) is 18.7. The standard InChI is InChI=1S/C44H70N2O13/c1-13-31-44(10,52)36(48)25(4)33(47)23(2)20-42(8,51)38(26(5)34(27(6)39(50)56-31)57-32-21-43(9,53-12)37(49)28(7)55-32)59-40-35-30(19-24(3)54-40)46(11)41(58-35)45-22-29-17-15-14-16-18-29/h14-18,23-28,30-32,34-38,40,48-49,51-52H,13,19-22H2,1-12H3/t23-,24-,25+,26+,27-,28+,30+,31-,32+,34+,35-,36-,37+,38-,40+,42-,43-,44-/m1/s1. The third-order valence-corrected chi connectivity index (χ3v) is 13.4. The summed E-state index contributed by atoms with van der Waals surface area (Å²) in [5.41, 5.74) is -3.82. The smallest absolute Gasteiger partial charge is 0.311 e. The summed E-state index contributed by atoms with van der Waals surface area (Å²) in [7, 11) is 3.41. The van der Waals surface area contributed by atoms with E-state index in [1.807, 2.05) is 49.2 Å². The van der Waals surface area contributed by atoms with Crippen molar-refractivity contribution in [3.8, 4) is 0 Å². The molecule has 4 aliphatic heterocycles. The van der Waals surface area contributed by atoms with Gasteiger partial charge in [0.25, 0.3) is 6.02 Å². The predicted octanol–water partition coefficient (Wildman–Crippen LogP) is 3.75. The number of aliphatic imine (C=N–C) groups is 1. The number of ether oxygens (including phenoxy) is 7. The van der Waals surface area contributed by atoms with Gasteiger partial charge < -0.3 is 58.5 Å². The molecule has 4 fully saturated rings. The number of hydrogen-bond acceptors (Lipinski definition) is 14. The Balaban J connectivity index is 1.57. The third-order valence-electron chi connectivity index (χ3n) is 13.4. The van der Waals surface area contributed by atoms with E-state index in [1.54, 1.807) is 48.5 Å². The van der Waals surface area contributed by atoms with Crippen LogP contribution in [0.25, 0.3) is 0 Å². The minimum Gasteiger partial charge on any atom is -0.459 e. The van der Waals surface area contributed by atoms with E-state index in [-0.39, 0.29) is 31.4 Å². The molecule has 0 bridgehead atoms. The maximum absolute atomic E-state index is 14.3. The lowest BCUT2D eigenvalue weighted by Gasteiger charge is -2.48. The number of amidine groups is 1. The van der Waals surface area contributed by atoms with Gasteiger partial charge in [-0.05, 0) is 66.4 Å². The van der Waals surface area contributed by atoms with Gasteiger partial charge in [0, 0.05) is 38.3 Å². The Hall–Kier alpha value is -2.73. The van der Waals surface area contributed by atoms with Gasteiger partial charge in [0.1, 0.15) is 23.6 Å². The van der Waals surface area contributed by atoms with Gasteiger partial charge in [-0.2, -0.15) is 0 Å². The Morgan fingerprint density at radius 1 is 0.898 bits per heavy atom. The van der Waals surface area contributed by atoms with E-state index in [0.29, 0.717) is 19.0 Å². The van der Waals surface area contributed by atoms with Crippen molar-refractivity contribution < 1.29 is 63.2 Å². The van der Waals surface area contributed by atoms with Gasteiger partial charge >= 0.3 is 5.97 Å². The van der Waals surface area contributed by atoms with Crippen LogP contribution in [0.4, 0.5) is 0 Å². The quantitative estimate of drug-likeness (QED) is 0.277. The van der Waals surface area contributed by atoms with Gasteiger partial charge in [0.05, 0.1) is 60.2 Å². The summed E-state index contributed by atoms with van der Waals surface area (Å²) in [6, 6.07) is 10.1. The van der Waals surface area contributed by atoms with Crippen LogP contribution < -0.4 is 0 Å². The molecule has 15 nitrogen and oxygen atoms in total. The number of rotatable bonds is 8. The number of carbonyl (C=O) groups is 2. The summed E-state index contributed by atoms with van der Waals surface area (Å²) >= 11 is 0. The Morgan fingerprint density at radius 2 is 1.56 bits per heavy atom. The van der Waals surface area contributed by atoms with E-state index >= 15 is 0 Å². The highest BCUT2D eigenvalue weighted by Crippen LogP contribution is 2.42. The number of hydrogen-bond donors (Lipinski definition) is 4. The number of carbonyl (C=O) groups excluding carboxylic acids is 2. The van der Waals surface area contributed by atoms with Crippen molar-refractivity contribution in [2.45, 2.75) is 186 Å². The fourth-order valence-electron chi connectivity index (χ4n) is 9.63. The number of ketones is 1. The molecule has 0 radical (unpaired) electrons. The van der Waals surface area contributed by atoms with E-state index in [2.05, 4.69) is 0 Å². The summed E-state index contributed by atoms with van der Waals surface area (Å²) < 4.78 is 44.6. The zero-order valence-corrected chi connectivity index (χ0v) is 36.9. The SMILES string of the molecule is CC[C@H]1OC(=O)[C@H](C)[C@@H](O[C@H]2C[C@@](C)(OC)[C@@H](O)[C@H](C)O2)[C@H](C)[C@@H](O[C@@H]2O[C@H](C)C[C@H]3[C@H]2OC(=NCc2ccccc2)N3C)[C@](C)(O)C[C@@H](C)C(=O)[C@H](C)[C@@H](O)[C@]1(C)O. The second-order valence-corrected chi connectivity index (χ2v) is 18.3. The van der Waals surface area contributed by atoms with E-state index in [4.69, 9.17) is 38.2 Å². The molecule has 4 N–H and O–H groups in total. The van der Waals surface area contributed by atoms with Crippen molar-refractivity contribution >= 4 is 17.8 Å². The summed E-state index contributed by atoms with van der Waals surface area (Å²) in [6.07, 6.45) is -8.93. The first-order valence-corrected chi connectivity index (χ1v) is 21.3. The second-order valence-electron chi connectivity index (χ2n) is 18.3. The fraction of sp³-hybridized carbons (Fsp3) is 0.795. The lowest BCUT2D eigenvalue weighted by Crippen LogP contribution is -2.60. The van der Waals surface area contributed by atoms with Crippen LogP contribution >= 0.6 is 0 Å². The predicted molar refractivity (Wildman–Crippen MR) is 217 cm³/mol. The van der Waals surface area contributed by atoms with E-state index in [0.717, 1.165) is 5.56 Å². The number of esters is 1. The number of nitrogens with zero attached hydrogens (tertiary/aromatic N) is 2. The van der Waals surface area contributed by atoms with Crippen LogP contribution in [0.15, 0.2) is 35.3 Å². The Bertz CT molecular complexity index is 1610. The first-order valence-electron chi connectivity index (χ1n) is 21.3. The first kappa shape index (κ1) is 47.3. The molecule has 0 unspecified atom stereocenters. The average molecular weight is 835 g/mol. The lowest BCUT2D eigenvalue weighted by atomic mass is 9.74. The molecular formula is C44H70N2O13. The van der Waals surface area contributed by atoms with Gasteiger partial charge in [-0.3, -0.25) is 9.59 Å². The number of methoxy groups -OCH3 is 1. The number of cyclic esters (lactones) is 1. The molecule has 4 heterocycles. The van der Waals surface area contributed by atoms with Gasteiger partial charge in [0.2, 0.25) is 0 Å². The number of Topliss-reactive ketones (excluding diaryl/α,β-unsaturated/α-hetero) is 1. The maximum atomic E-state index is 14.3. The molecule has 1 aromatic carbocycles. The minimum absolute atomic E-state index is 0.0993. The molecule has 0 spiro atoms. The largest absolute Gasteiger partial charge is 0.459 e. The van der Waals surface area contributed by atoms with Crippen LogP contribution in [0.3, 0.4) is 0 Å². The molecule has 15 heteroatoms. The van der Waals surface area contributed by atoms with Crippen molar-refractivity contribution in [2.75, 3.05) is 14.2 Å². The fourth-order valence-corrected chi connectivity index (χ4v) is 9.63. The third kappa shape index (κ3) is 9.99. The Kier molecular flexibility index (Phi) is 15.0.